The molecule has 0 spiro atoms. The van der Waals surface area contributed by atoms with Crippen LogP contribution >= 0.6 is 22.6 Å². The van der Waals surface area contributed by atoms with E-state index in [0.29, 0.717) is 0 Å². The van der Waals surface area contributed by atoms with Gasteiger partial charge >= 0.3 is 0 Å². The fourth-order valence-corrected chi connectivity index (χ4v) is 2.75. The van der Waals surface area contributed by atoms with Crippen molar-refractivity contribution in [1.29, 1.82) is 0 Å². The van der Waals surface area contributed by atoms with Crippen molar-refractivity contribution in [1.82, 2.24) is 0 Å². The Balaban J connectivity index is 2.24. The normalized spacial score (nSPS) is 15.9. The number of rotatable bonds is 2. The molecule has 0 heterocycles. The SMILES string of the molecule is Cc1cccc(C)c1/C=C\C1=CCCC(I)=C1. The molecule has 0 radical (unpaired) electrons. The summed E-state index contributed by atoms with van der Waals surface area (Å²) in [7, 11) is 0. The Morgan fingerprint density at radius 2 is 1.82 bits per heavy atom. The Labute approximate surface area is 117 Å². The van der Waals surface area contributed by atoms with Crippen LogP contribution in [-0.2, 0) is 0 Å². The molecule has 0 atom stereocenters. The first-order valence-corrected chi connectivity index (χ1v) is 7.05. The summed E-state index contributed by atoms with van der Waals surface area (Å²) in [4.78, 5) is 0. The Kier molecular flexibility index (Phi) is 4.21. The van der Waals surface area contributed by atoms with Gasteiger partial charge in [0.05, 0.1) is 0 Å². The lowest BCUT2D eigenvalue weighted by Gasteiger charge is -2.07. The fourth-order valence-electron chi connectivity index (χ4n) is 2.07. The maximum atomic E-state index is 2.43. The van der Waals surface area contributed by atoms with Crippen LogP contribution in [0.25, 0.3) is 6.08 Å². The van der Waals surface area contributed by atoms with Crippen molar-refractivity contribution in [3.05, 3.63) is 62.3 Å². The Hall–Kier alpha value is -0.830. The molecule has 1 aromatic carbocycles. The monoisotopic (exact) mass is 336 g/mol. The lowest BCUT2D eigenvalue weighted by atomic mass is 10.0. The van der Waals surface area contributed by atoms with Crippen LogP contribution in [-0.4, -0.2) is 0 Å². The van der Waals surface area contributed by atoms with Crippen LogP contribution < -0.4 is 0 Å². The minimum Gasteiger partial charge on any atom is -0.0769 e. The molecule has 0 fully saturated rings. The van der Waals surface area contributed by atoms with Crippen LogP contribution in [0, 0.1) is 13.8 Å². The number of allylic oxidation sites excluding steroid dienone is 5. The van der Waals surface area contributed by atoms with Gasteiger partial charge in [0.1, 0.15) is 0 Å². The summed E-state index contributed by atoms with van der Waals surface area (Å²) < 4.78 is 1.45. The van der Waals surface area contributed by atoms with Crippen LogP contribution in [0.4, 0.5) is 0 Å². The third kappa shape index (κ3) is 3.32. The molecule has 1 heteroatoms. The third-order valence-corrected chi connectivity index (χ3v) is 3.92. The van der Waals surface area contributed by atoms with Crippen LogP contribution in [0.3, 0.4) is 0 Å². The molecular formula is C16H17I. The van der Waals surface area contributed by atoms with E-state index in [2.05, 4.69) is 78.9 Å². The summed E-state index contributed by atoms with van der Waals surface area (Å²) in [5.41, 5.74) is 5.37. The quantitative estimate of drug-likeness (QED) is 0.638. The van der Waals surface area contributed by atoms with Crippen molar-refractivity contribution in [3.63, 3.8) is 0 Å². The summed E-state index contributed by atoms with van der Waals surface area (Å²) in [6, 6.07) is 6.45. The van der Waals surface area contributed by atoms with Crippen molar-refractivity contribution in [2.24, 2.45) is 0 Å². The van der Waals surface area contributed by atoms with E-state index >= 15 is 0 Å². The lowest BCUT2D eigenvalue weighted by Crippen LogP contribution is -1.87. The molecule has 0 saturated heterocycles. The van der Waals surface area contributed by atoms with Crippen LogP contribution in [0.1, 0.15) is 29.5 Å². The molecule has 17 heavy (non-hydrogen) atoms. The summed E-state index contributed by atoms with van der Waals surface area (Å²) >= 11 is 2.43. The maximum Gasteiger partial charge on any atom is -0.00851 e. The van der Waals surface area contributed by atoms with Gasteiger partial charge in [0.25, 0.3) is 0 Å². The summed E-state index contributed by atoms with van der Waals surface area (Å²) in [6.45, 7) is 4.34. The highest BCUT2D eigenvalue weighted by atomic mass is 127. The average molecular weight is 336 g/mol. The number of benzene rings is 1. The highest BCUT2D eigenvalue weighted by molar-refractivity contribution is 14.1. The maximum absolute atomic E-state index is 2.43. The second-order valence-corrected chi connectivity index (χ2v) is 5.86. The topological polar surface area (TPSA) is 0 Å². The summed E-state index contributed by atoms with van der Waals surface area (Å²) in [6.07, 6.45) is 11.4. The van der Waals surface area contributed by atoms with Crippen LogP contribution in [0.2, 0.25) is 0 Å². The predicted octanol–water partition coefficient (Wildman–Crippen LogP) is 5.36. The molecule has 0 amide bonds. The van der Waals surface area contributed by atoms with Crippen molar-refractivity contribution in [3.8, 4) is 0 Å². The van der Waals surface area contributed by atoms with Gasteiger partial charge in [-0.15, -0.1) is 0 Å². The Bertz CT molecular complexity index is 484. The molecule has 2 rings (SSSR count). The minimum atomic E-state index is 1.17. The first-order valence-electron chi connectivity index (χ1n) is 5.97. The molecule has 0 N–H and O–H groups in total. The first kappa shape index (κ1) is 12.6. The third-order valence-electron chi connectivity index (χ3n) is 3.07. The van der Waals surface area contributed by atoms with Crippen LogP contribution in [0.5, 0.6) is 0 Å². The molecule has 0 aromatic heterocycles. The van der Waals surface area contributed by atoms with E-state index in [1.54, 1.807) is 0 Å². The zero-order chi connectivity index (χ0) is 12.3. The van der Waals surface area contributed by atoms with Gasteiger partial charge in [-0.3, -0.25) is 0 Å². The van der Waals surface area contributed by atoms with Gasteiger partial charge in [-0.05, 0) is 81.2 Å². The molecule has 1 aromatic rings. The minimum absolute atomic E-state index is 1.17. The van der Waals surface area contributed by atoms with Crippen molar-refractivity contribution in [2.75, 3.05) is 0 Å². The van der Waals surface area contributed by atoms with Gasteiger partial charge in [-0.2, -0.15) is 0 Å². The second kappa shape index (κ2) is 5.67. The Morgan fingerprint density at radius 3 is 2.47 bits per heavy atom. The van der Waals surface area contributed by atoms with Crippen molar-refractivity contribution >= 4 is 28.7 Å². The van der Waals surface area contributed by atoms with E-state index in [4.69, 9.17) is 0 Å². The van der Waals surface area contributed by atoms with E-state index < -0.39 is 0 Å². The van der Waals surface area contributed by atoms with Gasteiger partial charge in [-0.25, -0.2) is 0 Å². The molecular weight excluding hydrogens is 319 g/mol. The van der Waals surface area contributed by atoms with Gasteiger partial charge in [-0.1, -0.05) is 36.4 Å². The number of hydrogen-bond acceptors (Lipinski definition) is 0. The number of halogens is 1. The first-order chi connectivity index (χ1) is 8.16. The lowest BCUT2D eigenvalue weighted by molar-refractivity contribution is 1.02. The summed E-state index contributed by atoms with van der Waals surface area (Å²) in [5, 5.41) is 0. The standard InChI is InChI=1S/C16H17I/c1-12-5-3-6-13(2)16(12)10-9-14-7-4-8-15(17)11-14/h3,5-7,9-11H,4,8H2,1-2H3/b10-9-. The van der Waals surface area contributed by atoms with Crippen molar-refractivity contribution in [2.45, 2.75) is 26.7 Å². The average Bonchev–Trinajstić information content (AvgIpc) is 2.28. The van der Waals surface area contributed by atoms with Crippen molar-refractivity contribution < 1.29 is 0 Å². The fraction of sp³-hybridized carbons (Fsp3) is 0.250. The van der Waals surface area contributed by atoms with E-state index in [9.17, 15) is 0 Å². The van der Waals surface area contributed by atoms with Gasteiger partial charge in [0.2, 0.25) is 0 Å². The predicted molar refractivity (Wildman–Crippen MR) is 84.4 cm³/mol. The molecule has 0 bridgehead atoms. The molecule has 0 nitrogen and oxygen atoms in total. The van der Waals surface area contributed by atoms with Gasteiger partial charge < -0.3 is 0 Å². The zero-order valence-corrected chi connectivity index (χ0v) is 12.5. The zero-order valence-electron chi connectivity index (χ0n) is 10.3. The van der Waals surface area contributed by atoms with E-state index in [1.807, 2.05) is 0 Å². The highest BCUT2D eigenvalue weighted by Crippen LogP contribution is 2.24. The second-order valence-electron chi connectivity index (χ2n) is 4.47. The largest absolute Gasteiger partial charge is 0.0769 e. The molecule has 1 aliphatic rings. The molecule has 1 aliphatic carbocycles. The molecule has 0 aliphatic heterocycles. The molecule has 0 unspecified atom stereocenters. The highest BCUT2D eigenvalue weighted by Gasteiger charge is 2.01. The Morgan fingerprint density at radius 1 is 1.12 bits per heavy atom. The van der Waals surface area contributed by atoms with E-state index in [-0.39, 0.29) is 0 Å². The van der Waals surface area contributed by atoms with E-state index in [0.717, 1.165) is 0 Å². The molecule has 0 saturated carbocycles. The molecule has 88 valence electrons. The van der Waals surface area contributed by atoms with Gasteiger partial charge in [0.15, 0.2) is 0 Å². The number of aryl methyl sites for hydroxylation is 2. The van der Waals surface area contributed by atoms with Gasteiger partial charge in [0, 0.05) is 0 Å². The summed E-state index contributed by atoms with van der Waals surface area (Å²) in [5.74, 6) is 0. The smallest absolute Gasteiger partial charge is 0.00851 e. The number of hydrogen-bond donors (Lipinski definition) is 0. The van der Waals surface area contributed by atoms with Crippen LogP contribution in [0.15, 0.2) is 45.6 Å². The van der Waals surface area contributed by atoms with E-state index in [1.165, 1.54) is 38.7 Å².